The van der Waals surface area contributed by atoms with Crippen LogP contribution < -0.4 is 4.74 Å². The smallest absolute Gasteiger partial charge is 0.270 e. The van der Waals surface area contributed by atoms with Gasteiger partial charge >= 0.3 is 0 Å². The van der Waals surface area contributed by atoms with Gasteiger partial charge in [-0.25, -0.2) is 0 Å². The molecule has 0 heterocycles. The summed E-state index contributed by atoms with van der Waals surface area (Å²) in [7, 11) is 0. The van der Waals surface area contributed by atoms with E-state index in [4.69, 9.17) is 4.74 Å². The molecule has 2 rings (SSSR count). The molecule has 0 N–H and O–H groups in total. The van der Waals surface area contributed by atoms with Crippen molar-refractivity contribution in [3.8, 4) is 11.5 Å². The molecule has 0 saturated heterocycles. The Balaban J connectivity index is 2.42. The van der Waals surface area contributed by atoms with Crippen molar-refractivity contribution in [2.24, 2.45) is 5.92 Å². The molecule has 0 aliphatic carbocycles. The molecule has 1 amide bonds. The summed E-state index contributed by atoms with van der Waals surface area (Å²) in [6, 6.07) is 13.1. The predicted octanol–water partition coefficient (Wildman–Crippen LogP) is 4.51. The van der Waals surface area contributed by atoms with E-state index >= 15 is 0 Å². The van der Waals surface area contributed by atoms with Crippen molar-refractivity contribution in [2.45, 2.75) is 20.8 Å². The van der Waals surface area contributed by atoms with Gasteiger partial charge in [-0.1, -0.05) is 32.0 Å². The van der Waals surface area contributed by atoms with Crippen LogP contribution in [0.3, 0.4) is 0 Å². The lowest BCUT2D eigenvalue weighted by Gasteiger charge is -2.24. The minimum absolute atomic E-state index is 0.135. The van der Waals surface area contributed by atoms with Crippen LogP contribution in [-0.2, 0) is 0 Å². The van der Waals surface area contributed by atoms with E-state index in [1.54, 1.807) is 17.0 Å². The number of para-hydroxylation sites is 1. The van der Waals surface area contributed by atoms with Gasteiger partial charge in [0.25, 0.3) is 11.6 Å². The summed E-state index contributed by atoms with van der Waals surface area (Å²) in [4.78, 5) is 25.2. The standard InChI is InChI=1S/C19H22N2O4/c1-4-20(13-14(2)3)19(22)17-12-15(21(23)24)10-11-18(17)25-16-8-6-5-7-9-16/h5-12,14H,4,13H2,1-3H3. The Labute approximate surface area is 147 Å². The molecule has 2 aromatic rings. The van der Waals surface area contributed by atoms with Crippen molar-refractivity contribution < 1.29 is 14.5 Å². The van der Waals surface area contributed by atoms with E-state index in [0.717, 1.165) is 0 Å². The topological polar surface area (TPSA) is 72.7 Å². The quantitative estimate of drug-likeness (QED) is 0.548. The van der Waals surface area contributed by atoms with Gasteiger partial charge < -0.3 is 9.64 Å². The third-order valence-corrected chi connectivity index (χ3v) is 3.63. The number of nitro benzene ring substituents is 1. The van der Waals surface area contributed by atoms with Crippen molar-refractivity contribution in [3.05, 3.63) is 64.2 Å². The minimum atomic E-state index is -0.512. The maximum atomic E-state index is 12.9. The first-order chi connectivity index (χ1) is 11.9. The molecule has 0 saturated carbocycles. The van der Waals surface area contributed by atoms with Crippen molar-refractivity contribution in [1.82, 2.24) is 4.90 Å². The highest BCUT2D eigenvalue weighted by Gasteiger charge is 2.23. The summed E-state index contributed by atoms with van der Waals surface area (Å²) in [5.41, 5.74) is 0.0601. The zero-order valence-electron chi connectivity index (χ0n) is 14.6. The molecule has 0 aliphatic heterocycles. The van der Waals surface area contributed by atoms with Crippen LogP contribution in [-0.4, -0.2) is 28.8 Å². The lowest BCUT2D eigenvalue weighted by atomic mass is 10.1. The first kappa shape index (κ1) is 18.4. The fourth-order valence-corrected chi connectivity index (χ4v) is 2.47. The SMILES string of the molecule is CCN(CC(C)C)C(=O)c1cc([N+](=O)[O-])ccc1Oc1ccccc1. The van der Waals surface area contributed by atoms with Crippen LogP contribution in [0.25, 0.3) is 0 Å². The van der Waals surface area contributed by atoms with Gasteiger partial charge in [0.15, 0.2) is 0 Å². The molecule has 25 heavy (non-hydrogen) atoms. The second-order valence-electron chi connectivity index (χ2n) is 6.09. The lowest BCUT2D eigenvalue weighted by molar-refractivity contribution is -0.384. The molecule has 0 unspecified atom stereocenters. The van der Waals surface area contributed by atoms with E-state index in [2.05, 4.69) is 0 Å². The first-order valence-corrected chi connectivity index (χ1v) is 8.23. The second-order valence-corrected chi connectivity index (χ2v) is 6.09. The molecular formula is C19H22N2O4. The summed E-state index contributed by atoms with van der Waals surface area (Å²) in [5, 5.41) is 11.1. The number of carbonyl (C=O) groups excluding carboxylic acids is 1. The van der Waals surface area contributed by atoms with Crippen LogP contribution in [0.1, 0.15) is 31.1 Å². The summed E-state index contributed by atoms with van der Waals surface area (Å²) >= 11 is 0. The number of hydrogen-bond acceptors (Lipinski definition) is 4. The van der Waals surface area contributed by atoms with Crippen LogP contribution in [0, 0.1) is 16.0 Å². The van der Waals surface area contributed by atoms with Crippen LogP contribution in [0.4, 0.5) is 5.69 Å². The molecule has 0 radical (unpaired) electrons. The largest absolute Gasteiger partial charge is 0.457 e. The number of benzene rings is 2. The Kier molecular flexibility index (Phi) is 6.11. The number of nitro groups is 1. The van der Waals surface area contributed by atoms with Crippen LogP contribution >= 0.6 is 0 Å². The monoisotopic (exact) mass is 342 g/mol. The Morgan fingerprint density at radius 1 is 1.20 bits per heavy atom. The van der Waals surface area contributed by atoms with Gasteiger partial charge in [0.1, 0.15) is 11.5 Å². The summed E-state index contributed by atoms with van der Waals surface area (Å²) in [6.07, 6.45) is 0. The Bertz CT molecular complexity index is 744. The number of hydrogen-bond donors (Lipinski definition) is 0. The molecular weight excluding hydrogens is 320 g/mol. The zero-order chi connectivity index (χ0) is 18.4. The van der Waals surface area contributed by atoms with Crippen LogP contribution in [0.2, 0.25) is 0 Å². The van der Waals surface area contributed by atoms with Crippen molar-refractivity contribution in [3.63, 3.8) is 0 Å². The first-order valence-electron chi connectivity index (χ1n) is 8.23. The number of ether oxygens (including phenoxy) is 1. The third kappa shape index (κ3) is 4.79. The number of rotatable bonds is 7. The highest BCUT2D eigenvalue weighted by Crippen LogP contribution is 2.30. The van der Waals surface area contributed by atoms with Gasteiger partial charge in [-0.3, -0.25) is 14.9 Å². The maximum Gasteiger partial charge on any atom is 0.270 e. The molecule has 0 fully saturated rings. The van der Waals surface area contributed by atoms with Crippen molar-refractivity contribution >= 4 is 11.6 Å². The zero-order valence-corrected chi connectivity index (χ0v) is 14.6. The molecule has 2 aromatic carbocycles. The number of carbonyl (C=O) groups is 1. The number of amides is 1. The Morgan fingerprint density at radius 3 is 2.44 bits per heavy atom. The Hall–Kier alpha value is -2.89. The lowest BCUT2D eigenvalue weighted by Crippen LogP contribution is -2.34. The molecule has 0 aromatic heterocycles. The van der Waals surface area contributed by atoms with Crippen molar-refractivity contribution in [2.75, 3.05) is 13.1 Å². The summed E-state index contributed by atoms with van der Waals surface area (Å²) in [6.45, 7) is 7.01. The van der Waals surface area contributed by atoms with Gasteiger partial charge in [-0.15, -0.1) is 0 Å². The normalized spacial score (nSPS) is 10.6. The maximum absolute atomic E-state index is 12.9. The van der Waals surface area contributed by atoms with Crippen LogP contribution in [0.5, 0.6) is 11.5 Å². The van der Waals surface area contributed by atoms with Gasteiger partial charge in [0, 0.05) is 25.2 Å². The highest BCUT2D eigenvalue weighted by atomic mass is 16.6. The van der Waals surface area contributed by atoms with Gasteiger partial charge in [0.05, 0.1) is 10.5 Å². The average Bonchev–Trinajstić information content (AvgIpc) is 2.60. The molecule has 132 valence electrons. The second kappa shape index (κ2) is 8.28. The highest BCUT2D eigenvalue weighted by molar-refractivity contribution is 5.97. The van der Waals surface area contributed by atoms with E-state index in [1.165, 1.54) is 18.2 Å². The molecule has 0 atom stereocenters. The predicted molar refractivity (Wildman–Crippen MR) is 96.0 cm³/mol. The minimum Gasteiger partial charge on any atom is -0.457 e. The molecule has 6 nitrogen and oxygen atoms in total. The van der Waals surface area contributed by atoms with Crippen LogP contribution in [0.15, 0.2) is 48.5 Å². The van der Waals surface area contributed by atoms with E-state index in [9.17, 15) is 14.9 Å². The van der Waals surface area contributed by atoms with E-state index in [0.29, 0.717) is 30.5 Å². The van der Waals surface area contributed by atoms with Crippen molar-refractivity contribution in [1.29, 1.82) is 0 Å². The fraction of sp³-hybridized carbons (Fsp3) is 0.316. The average molecular weight is 342 g/mol. The van der Waals surface area contributed by atoms with E-state index < -0.39 is 4.92 Å². The fourth-order valence-electron chi connectivity index (χ4n) is 2.47. The molecule has 0 aliphatic rings. The molecule has 0 bridgehead atoms. The Morgan fingerprint density at radius 2 is 1.88 bits per heavy atom. The van der Waals surface area contributed by atoms with E-state index in [1.807, 2.05) is 39.0 Å². The van der Waals surface area contributed by atoms with Gasteiger partial charge in [-0.05, 0) is 31.0 Å². The summed E-state index contributed by atoms with van der Waals surface area (Å²) in [5.74, 6) is 0.897. The van der Waals surface area contributed by atoms with Gasteiger partial charge in [-0.2, -0.15) is 0 Å². The molecule has 6 heteroatoms. The van der Waals surface area contributed by atoms with E-state index in [-0.39, 0.29) is 17.2 Å². The third-order valence-electron chi connectivity index (χ3n) is 3.63. The van der Waals surface area contributed by atoms with Gasteiger partial charge in [0.2, 0.25) is 0 Å². The molecule has 0 spiro atoms. The number of non-ortho nitro benzene ring substituents is 1. The summed E-state index contributed by atoms with van der Waals surface area (Å²) < 4.78 is 5.79. The number of nitrogens with zero attached hydrogens (tertiary/aromatic N) is 2.